The SMILES string of the molecule is O=C(CCCCCCn1cc(-c2cccnc2)nn1)Nc1ccccc1-c1ccccc1. The maximum Gasteiger partial charge on any atom is 0.224 e. The fraction of sp³-hybridized carbons (Fsp3) is 0.231. The van der Waals surface area contributed by atoms with Crippen LogP contribution in [0, 0.1) is 0 Å². The zero-order valence-corrected chi connectivity index (χ0v) is 18.0. The first-order valence-corrected chi connectivity index (χ1v) is 11.0. The van der Waals surface area contributed by atoms with Gasteiger partial charge >= 0.3 is 0 Å². The van der Waals surface area contributed by atoms with Crippen molar-refractivity contribution in [3.05, 3.63) is 85.3 Å². The Hall–Kier alpha value is -3.80. The largest absolute Gasteiger partial charge is 0.326 e. The van der Waals surface area contributed by atoms with Crippen LogP contribution in [-0.4, -0.2) is 25.9 Å². The number of benzene rings is 2. The van der Waals surface area contributed by atoms with E-state index in [0.717, 1.165) is 60.3 Å². The molecule has 4 rings (SSSR count). The molecule has 1 N–H and O–H groups in total. The van der Waals surface area contributed by atoms with Gasteiger partial charge in [-0.05, 0) is 36.6 Å². The number of nitrogens with one attached hydrogen (secondary N) is 1. The molecule has 1 amide bonds. The number of nitrogens with zero attached hydrogens (tertiary/aromatic N) is 4. The number of carbonyl (C=O) groups excluding carboxylic acids is 1. The number of carbonyl (C=O) groups is 1. The van der Waals surface area contributed by atoms with Gasteiger partial charge in [0.2, 0.25) is 5.91 Å². The quantitative estimate of drug-likeness (QED) is 0.336. The van der Waals surface area contributed by atoms with Crippen LogP contribution in [0.25, 0.3) is 22.4 Å². The molecule has 2 aromatic heterocycles. The molecule has 4 aromatic rings. The lowest BCUT2D eigenvalue weighted by molar-refractivity contribution is -0.116. The Morgan fingerprint density at radius 2 is 1.62 bits per heavy atom. The fourth-order valence-electron chi connectivity index (χ4n) is 3.64. The third-order valence-corrected chi connectivity index (χ3v) is 5.32. The number of aromatic nitrogens is 4. The lowest BCUT2D eigenvalue weighted by Gasteiger charge is -2.11. The van der Waals surface area contributed by atoms with Crippen LogP contribution in [0.5, 0.6) is 0 Å². The predicted octanol–water partition coefficient (Wildman–Crippen LogP) is 5.60. The molecule has 0 radical (unpaired) electrons. The molecular formula is C26H27N5O. The van der Waals surface area contributed by atoms with E-state index in [-0.39, 0.29) is 5.91 Å². The van der Waals surface area contributed by atoms with Crippen molar-refractivity contribution in [3.8, 4) is 22.4 Å². The fourth-order valence-corrected chi connectivity index (χ4v) is 3.64. The average Bonchev–Trinajstić information content (AvgIpc) is 3.32. The summed E-state index contributed by atoms with van der Waals surface area (Å²) in [5.41, 5.74) is 4.81. The molecule has 0 spiro atoms. The predicted molar refractivity (Wildman–Crippen MR) is 127 cm³/mol. The second-order valence-electron chi connectivity index (χ2n) is 7.73. The maximum atomic E-state index is 12.4. The van der Waals surface area contributed by atoms with Crippen LogP contribution >= 0.6 is 0 Å². The minimum absolute atomic E-state index is 0.0609. The third kappa shape index (κ3) is 5.88. The highest BCUT2D eigenvalue weighted by molar-refractivity contribution is 5.95. The molecule has 0 bridgehead atoms. The van der Waals surface area contributed by atoms with Crippen molar-refractivity contribution in [2.24, 2.45) is 0 Å². The first-order chi connectivity index (χ1) is 15.8. The van der Waals surface area contributed by atoms with Gasteiger partial charge in [0.1, 0.15) is 5.69 Å². The van der Waals surface area contributed by atoms with Gasteiger partial charge in [0, 0.05) is 42.2 Å². The summed E-state index contributed by atoms with van der Waals surface area (Å²) in [7, 11) is 0. The number of rotatable bonds is 10. The number of pyridine rings is 1. The van der Waals surface area contributed by atoms with Gasteiger partial charge in [-0.3, -0.25) is 14.5 Å². The lowest BCUT2D eigenvalue weighted by Crippen LogP contribution is -2.11. The van der Waals surface area contributed by atoms with Gasteiger partial charge in [-0.25, -0.2) is 0 Å². The summed E-state index contributed by atoms with van der Waals surface area (Å²) in [5.74, 6) is 0.0609. The molecule has 2 heterocycles. The number of anilines is 1. The third-order valence-electron chi connectivity index (χ3n) is 5.32. The highest BCUT2D eigenvalue weighted by Gasteiger charge is 2.08. The van der Waals surface area contributed by atoms with Crippen LogP contribution in [0.2, 0.25) is 0 Å². The Labute approximate surface area is 188 Å². The van der Waals surface area contributed by atoms with E-state index in [1.807, 2.05) is 65.5 Å². The highest BCUT2D eigenvalue weighted by atomic mass is 16.1. The molecule has 162 valence electrons. The monoisotopic (exact) mass is 425 g/mol. The molecular weight excluding hydrogens is 398 g/mol. The number of unbranched alkanes of at least 4 members (excludes halogenated alkanes) is 3. The zero-order valence-electron chi connectivity index (χ0n) is 18.0. The van der Waals surface area contributed by atoms with Crippen LogP contribution in [0.15, 0.2) is 85.3 Å². The van der Waals surface area contributed by atoms with Gasteiger partial charge in [0.05, 0.1) is 6.20 Å². The summed E-state index contributed by atoms with van der Waals surface area (Å²) in [6, 6.07) is 21.9. The van der Waals surface area contributed by atoms with E-state index in [1.165, 1.54) is 0 Å². The molecule has 0 saturated heterocycles. The summed E-state index contributed by atoms with van der Waals surface area (Å²) in [5, 5.41) is 11.5. The van der Waals surface area contributed by atoms with Gasteiger partial charge in [0.15, 0.2) is 0 Å². The van der Waals surface area contributed by atoms with Crippen LogP contribution in [-0.2, 0) is 11.3 Å². The van der Waals surface area contributed by atoms with Crippen LogP contribution in [0.4, 0.5) is 5.69 Å². The molecule has 6 nitrogen and oxygen atoms in total. The van der Waals surface area contributed by atoms with Crippen molar-refractivity contribution in [1.82, 2.24) is 20.0 Å². The van der Waals surface area contributed by atoms with Crippen molar-refractivity contribution in [3.63, 3.8) is 0 Å². The maximum absolute atomic E-state index is 12.4. The van der Waals surface area contributed by atoms with Gasteiger partial charge in [-0.2, -0.15) is 0 Å². The lowest BCUT2D eigenvalue weighted by atomic mass is 10.0. The molecule has 0 atom stereocenters. The number of para-hydroxylation sites is 1. The number of hydrogen-bond donors (Lipinski definition) is 1. The van der Waals surface area contributed by atoms with Crippen molar-refractivity contribution >= 4 is 11.6 Å². The molecule has 0 aliphatic heterocycles. The molecule has 0 unspecified atom stereocenters. The number of amides is 1. The molecule has 0 aliphatic carbocycles. The summed E-state index contributed by atoms with van der Waals surface area (Å²) < 4.78 is 1.87. The van der Waals surface area contributed by atoms with Crippen LogP contribution in [0.3, 0.4) is 0 Å². The first kappa shape index (κ1) is 21.4. The van der Waals surface area contributed by atoms with Crippen LogP contribution in [0.1, 0.15) is 32.1 Å². The first-order valence-electron chi connectivity index (χ1n) is 11.0. The van der Waals surface area contributed by atoms with Crippen molar-refractivity contribution in [1.29, 1.82) is 0 Å². The molecule has 0 saturated carbocycles. The van der Waals surface area contributed by atoms with Gasteiger partial charge < -0.3 is 5.32 Å². The summed E-state index contributed by atoms with van der Waals surface area (Å²) in [6.45, 7) is 0.823. The van der Waals surface area contributed by atoms with Gasteiger partial charge in [-0.1, -0.05) is 66.6 Å². The van der Waals surface area contributed by atoms with Crippen molar-refractivity contribution in [2.75, 3.05) is 5.32 Å². The van der Waals surface area contributed by atoms with E-state index < -0.39 is 0 Å². The Balaban J connectivity index is 1.17. The minimum Gasteiger partial charge on any atom is -0.326 e. The summed E-state index contributed by atoms with van der Waals surface area (Å²) in [4.78, 5) is 16.6. The minimum atomic E-state index is 0.0609. The van der Waals surface area contributed by atoms with E-state index in [2.05, 4.69) is 32.7 Å². The van der Waals surface area contributed by atoms with Crippen molar-refractivity contribution in [2.45, 2.75) is 38.6 Å². The average molecular weight is 426 g/mol. The zero-order chi connectivity index (χ0) is 22.0. The van der Waals surface area contributed by atoms with E-state index in [4.69, 9.17) is 0 Å². The topological polar surface area (TPSA) is 72.7 Å². The molecule has 2 aromatic carbocycles. The van der Waals surface area contributed by atoms with Crippen molar-refractivity contribution < 1.29 is 4.79 Å². The Kier molecular flexibility index (Phi) is 7.37. The molecule has 32 heavy (non-hydrogen) atoms. The Morgan fingerprint density at radius 3 is 2.47 bits per heavy atom. The molecule has 0 fully saturated rings. The van der Waals surface area contributed by atoms with Crippen LogP contribution < -0.4 is 5.32 Å². The second kappa shape index (κ2) is 11.0. The molecule has 6 heteroatoms. The highest BCUT2D eigenvalue weighted by Crippen LogP contribution is 2.27. The normalized spacial score (nSPS) is 10.8. The number of hydrogen-bond acceptors (Lipinski definition) is 4. The van der Waals surface area contributed by atoms with E-state index in [9.17, 15) is 4.79 Å². The summed E-state index contributed by atoms with van der Waals surface area (Å²) in [6.07, 6.45) is 9.96. The molecule has 0 aliphatic rings. The smallest absolute Gasteiger partial charge is 0.224 e. The number of aryl methyl sites for hydroxylation is 1. The van der Waals surface area contributed by atoms with E-state index in [0.29, 0.717) is 6.42 Å². The summed E-state index contributed by atoms with van der Waals surface area (Å²) >= 11 is 0. The standard InChI is InChI=1S/C26H27N5O/c32-26(28-24-15-8-7-14-23(24)21-11-4-3-5-12-21)16-6-1-2-9-18-31-20-25(29-30-31)22-13-10-17-27-19-22/h3-5,7-8,10-15,17,19-20H,1-2,6,9,16,18H2,(H,28,32). The Bertz CT molecular complexity index is 1130. The van der Waals surface area contributed by atoms with E-state index in [1.54, 1.807) is 12.4 Å². The van der Waals surface area contributed by atoms with Gasteiger partial charge in [-0.15, -0.1) is 5.10 Å². The second-order valence-corrected chi connectivity index (χ2v) is 7.73. The van der Waals surface area contributed by atoms with Gasteiger partial charge in [0.25, 0.3) is 0 Å². The Morgan fingerprint density at radius 1 is 0.844 bits per heavy atom. The van der Waals surface area contributed by atoms with E-state index >= 15 is 0 Å².